The second kappa shape index (κ2) is 6.92. The Morgan fingerprint density at radius 1 is 1.14 bits per heavy atom. The Kier molecular flexibility index (Phi) is 5.21. The Morgan fingerprint density at radius 2 is 1.86 bits per heavy atom. The maximum absolute atomic E-state index is 10.2. The molecule has 3 nitrogen and oxygen atoms in total. The van der Waals surface area contributed by atoms with Crippen molar-refractivity contribution < 1.29 is 5.11 Å². The summed E-state index contributed by atoms with van der Waals surface area (Å²) >= 11 is 0. The predicted octanol–water partition coefficient (Wildman–Crippen LogP) is 3.35. The fourth-order valence-corrected chi connectivity index (χ4v) is 2.54. The molecule has 1 atom stereocenters. The zero-order valence-corrected chi connectivity index (χ0v) is 13.2. The largest absolute Gasteiger partial charge is 0.508 e. The lowest BCUT2D eigenvalue weighted by Crippen LogP contribution is -2.31. The summed E-state index contributed by atoms with van der Waals surface area (Å²) in [6, 6.07) is 12.2. The zero-order chi connectivity index (χ0) is 15.4. The number of nitrogens with two attached hydrogens (primary N) is 1. The summed E-state index contributed by atoms with van der Waals surface area (Å²) in [6.45, 7) is 5.97. The molecule has 0 saturated heterocycles. The van der Waals surface area contributed by atoms with Crippen LogP contribution in [0.2, 0.25) is 0 Å². The van der Waals surface area contributed by atoms with Gasteiger partial charge in [0.25, 0.3) is 0 Å². The van der Waals surface area contributed by atoms with Gasteiger partial charge in [-0.15, -0.1) is 0 Å². The van der Waals surface area contributed by atoms with E-state index >= 15 is 0 Å². The fourth-order valence-electron chi connectivity index (χ4n) is 2.54. The summed E-state index contributed by atoms with van der Waals surface area (Å²) in [4.78, 5) is 2.23. The van der Waals surface area contributed by atoms with Crippen LogP contribution in [0.25, 0.3) is 10.8 Å². The van der Waals surface area contributed by atoms with Crippen molar-refractivity contribution in [1.82, 2.24) is 4.90 Å². The first-order valence-electron chi connectivity index (χ1n) is 7.62. The Labute approximate surface area is 127 Å². The van der Waals surface area contributed by atoms with Gasteiger partial charge in [0.15, 0.2) is 0 Å². The molecule has 0 aliphatic carbocycles. The summed E-state index contributed by atoms with van der Waals surface area (Å²) in [5.41, 5.74) is 7.10. The van der Waals surface area contributed by atoms with Gasteiger partial charge in [0, 0.05) is 18.2 Å². The van der Waals surface area contributed by atoms with Crippen LogP contribution in [0.3, 0.4) is 0 Å². The Hall–Kier alpha value is -1.58. The van der Waals surface area contributed by atoms with Gasteiger partial charge in [-0.2, -0.15) is 0 Å². The minimum Gasteiger partial charge on any atom is -0.508 e. The molecule has 0 saturated carbocycles. The molecule has 2 aromatic carbocycles. The average molecular weight is 286 g/mol. The SMILES string of the molecule is CC(C)C(N)CCN(C)Cc1c(O)ccc2ccccc12. The van der Waals surface area contributed by atoms with Crippen LogP contribution in [0, 0.1) is 5.92 Å². The standard InChI is InChI=1S/C18H26N2O/c1-13(2)17(19)10-11-20(3)12-16-15-7-5-4-6-14(15)8-9-18(16)21/h4-9,13,17,21H,10-12,19H2,1-3H3. The molecule has 21 heavy (non-hydrogen) atoms. The number of fused-ring (bicyclic) bond motifs is 1. The topological polar surface area (TPSA) is 49.5 Å². The van der Waals surface area contributed by atoms with Crippen molar-refractivity contribution in [3.8, 4) is 5.75 Å². The number of benzene rings is 2. The molecule has 2 rings (SSSR count). The Bertz CT molecular complexity index is 595. The third kappa shape index (κ3) is 3.96. The van der Waals surface area contributed by atoms with E-state index in [4.69, 9.17) is 5.73 Å². The first-order chi connectivity index (χ1) is 9.99. The van der Waals surface area contributed by atoms with Crippen LogP contribution in [0.1, 0.15) is 25.8 Å². The highest BCUT2D eigenvalue weighted by Gasteiger charge is 2.12. The van der Waals surface area contributed by atoms with Crippen molar-refractivity contribution in [3.63, 3.8) is 0 Å². The van der Waals surface area contributed by atoms with Crippen LogP contribution in [0.5, 0.6) is 5.75 Å². The van der Waals surface area contributed by atoms with Gasteiger partial charge in [-0.05, 0) is 42.8 Å². The molecule has 114 valence electrons. The molecule has 0 aromatic heterocycles. The zero-order valence-electron chi connectivity index (χ0n) is 13.2. The minimum absolute atomic E-state index is 0.230. The van der Waals surface area contributed by atoms with Gasteiger partial charge < -0.3 is 15.7 Å². The maximum atomic E-state index is 10.2. The number of phenolic OH excluding ortho intramolecular Hbond substituents is 1. The lowest BCUT2D eigenvalue weighted by atomic mass is 10.0. The first-order valence-corrected chi connectivity index (χ1v) is 7.62. The van der Waals surface area contributed by atoms with E-state index in [0.717, 1.165) is 35.8 Å². The molecule has 1 unspecified atom stereocenters. The van der Waals surface area contributed by atoms with Crippen LogP contribution in [-0.4, -0.2) is 29.6 Å². The molecule has 0 fully saturated rings. The summed E-state index contributed by atoms with van der Waals surface area (Å²) in [5, 5.41) is 12.5. The molecule has 0 aliphatic heterocycles. The monoisotopic (exact) mass is 286 g/mol. The van der Waals surface area contributed by atoms with Crippen molar-refractivity contribution in [2.45, 2.75) is 32.9 Å². The average Bonchev–Trinajstić information content (AvgIpc) is 2.47. The Morgan fingerprint density at radius 3 is 2.57 bits per heavy atom. The van der Waals surface area contributed by atoms with Gasteiger partial charge in [0.2, 0.25) is 0 Å². The summed E-state index contributed by atoms with van der Waals surface area (Å²) in [6.07, 6.45) is 0.972. The third-order valence-corrected chi connectivity index (χ3v) is 4.14. The highest BCUT2D eigenvalue weighted by Crippen LogP contribution is 2.28. The van der Waals surface area contributed by atoms with Gasteiger partial charge in [0.1, 0.15) is 5.75 Å². The van der Waals surface area contributed by atoms with E-state index in [0.29, 0.717) is 11.7 Å². The lowest BCUT2D eigenvalue weighted by Gasteiger charge is -2.22. The number of hydrogen-bond donors (Lipinski definition) is 2. The molecular weight excluding hydrogens is 260 g/mol. The van der Waals surface area contributed by atoms with Crippen LogP contribution in [0.15, 0.2) is 36.4 Å². The van der Waals surface area contributed by atoms with E-state index in [1.165, 1.54) is 0 Å². The molecule has 0 spiro atoms. The number of hydrogen-bond acceptors (Lipinski definition) is 3. The molecule has 3 N–H and O–H groups in total. The molecular formula is C18H26N2O. The maximum Gasteiger partial charge on any atom is 0.120 e. The third-order valence-electron chi connectivity index (χ3n) is 4.14. The number of phenols is 1. The number of nitrogens with zero attached hydrogens (tertiary/aromatic N) is 1. The van der Waals surface area contributed by atoms with E-state index in [1.54, 1.807) is 6.07 Å². The van der Waals surface area contributed by atoms with Crippen molar-refractivity contribution in [2.75, 3.05) is 13.6 Å². The highest BCUT2D eigenvalue weighted by molar-refractivity contribution is 5.87. The number of rotatable bonds is 6. The predicted molar refractivity (Wildman–Crippen MR) is 89.4 cm³/mol. The molecule has 0 aliphatic rings. The Balaban J connectivity index is 2.10. The van der Waals surface area contributed by atoms with E-state index in [9.17, 15) is 5.11 Å². The summed E-state index contributed by atoms with van der Waals surface area (Å²) in [7, 11) is 2.08. The van der Waals surface area contributed by atoms with Gasteiger partial charge in [-0.1, -0.05) is 44.2 Å². The fraction of sp³-hybridized carbons (Fsp3) is 0.444. The van der Waals surface area contributed by atoms with Gasteiger partial charge in [-0.3, -0.25) is 0 Å². The highest BCUT2D eigenvalue weighted by atomic mass is 16.3. The molecule has 0 radical (unpaired) electrons. The van der Waals surface area contributed by atoms with E-state index in [2.05, 4.69) is 37.9 Å². The molecule has 2 aromatic rings. The van der Waals surface area contributed by atoms with Gasteiger partial charge >= 0.3 is 0 Å². The van der Waals surface area contributed by atoms with E-state index in [-0.39, 0.29) is 6.04 Å². The van der Waals surface area contributed by atoms with Crippen LogP contribution >= 0.6 is 0 Å². The quantitative estimate of drug-likeness (QED) is 0.856. The van der Waals surface area contributed by atoms with Crippen LogP contribution < -0.4 is 5.73 Å². The minimum atomic E-state index is 0.230. The lowest BCUT2D eigenvalue weighted by molar-refractivity contribution is 0.293. The number of aromatic hydroxyl groups is 1. The summed E-state index contributed by atoms with van der Waals surface area (Å²) < 4.78 is 0. The van der Waals surface area contributed by atoms with Crippen LogP contribution in [0.4, 0.5) is 0 Å². The van der Waals surface area contributed by atoms with Gasteiger partial charge in [-0.25, -0.2) is 0 Å². The molecule has 0 heterocycles. The molecule has 0 amide bonds. The van der Waals surface area contributed by atoms with Crippen LogP contribution in [-0.2, 0) is 6.54 Å². The first kappa shape index (κ1) is 15.8. The van der Waals surface area contributed by atoms with Crippen molar-refractivity contribution >= 4 is 10.8 Å². The van der Waals surface area contributed by atoms with E-state index < -0.39 is 0 Å². The molecule has 3 heteroatoms. The van der Waals surface area contributed by atoms with Crippen molar-refractivity contribution in [3.05, 3.63) is 42.0 Å². The normalized spacial score (nSPS) is 13.2. The molecule has 0 bridgehead atoms. The van der Waals surface area contributed by atoms with Crippen molar-refractivity contribution in [1.29, 1.82) is 0 Å². The summed E-state index contributed by atoms with van der Waals surface area (Å²) in [5.74, 6) is 0.873. The van der Waals surface area contributed by atoms with Crippen molar-refractivity contribution in [2.24, 2.45) is 11.7 Å². The van der Waals surface area contributed by atoms with Gasteiger partial charge in [0.05, 0.1) is 0 Å². The second-order valence-corrected chi connectivity index (χ2v) is 6.22. The smallest absolute Gasteiger partial charge is 0.120 e. The second-order valence-electron chi connectivity index (χ2n) is 6.22. The van der Waals surface area contributed by atoms with E-state index in [1.807, 2.05) is 18.2 Å².